The molecular weight excluding hydrogens is 471 g/mol. The van der Waals surface area contributed by atoms with E-state index in [-0.39, 0.29) is 25.3 Å². The average molecular weight is 502 g/mol. The van der Waals surface area contributed by atoms with Crippen LogP contribution >= 0.6 is 7.60 Å². The van der Waals surface area contributed by atoms with Crippen molar-refractivity contribution in [2.24, 2.45) is 0 Å². The molecule has 4 rings (SSSR count). The van der Waals surface area contributed by atoms with Crippen LogP contribution in [0.1, 0.15) is 38.3 Å². The van der Waals surface area contributed by atoms with Gasteiger partial charge in [-0.1, -0.05) is 12.8 Å². The van der Waals surface area contributed by atoms with E-state index in [1.165, 1.54) is 4.57 Å². The zero-order valence-corrected chi connectivity index (χ0v) is 19.6. The van der Waals surface area contributed by atoms with Gasteiger partial charge in [-0.3, -0.25) is 4.57 Å². The van der Waals surface area contributed by atoms with Crippen molar-refractivity contribution in [2.45, 2.75) is 68.5 Å². The van der Waals surface area contributed by atoms with Crippen molar-refractivity contribution in [2.75, 3.05) is 25.6 Å². The number of aliphatic hydroxyl groups is 3. The number of hydrogen-bond acceptors (Lipinski definition) is 10. The molecule has 190 valence electrons. The quantitative estimate of drug-likeness (QED) is 0.193. The maximum atomic E-state index is 11.8. The van der Waals surface area contributed by atoms with Crippen LogP contribution in [0, 0.1) is 0 Å². The van der Waals surface area contributed by atoms with Crippen LogP contribution in [0.5, 0.6) is 6.01 Å². The number of hydrogen-bond donors (Lipinski definition) is 6. The van der Waals surface area contributed by atoms with Gasteiger partial charge in [0, 0.05) is 32.4 Å². The van der Waals surface area contributed by atoms with Crippen molar-refractivity contribution in [1.82, 2.24) is 14.5 Å². The van der Waals surface area contributed by atoms with Gasteiger partial charge in [-0.05, 0) is 18.9 Å². The highest BCUT2D eigenvalue weighted by Crippen LogP contribution is 2.48. The molecule has 6 N–H and O–H groups in total. The summed E-state index contributed by atoms with van der Waals surface area (Å²) in [4.78, 5) is 28.1. The lowest BCUT2D eigenvalue weighted by Gasteiger charge is -2.24. The third-order valence-electron chi connectivity index (χ3n) is 6.18. The summed E-state index contributed by atoms with van der Waals surface area (Å²) in [7, 11) is -3.70. The molecular formula is C20H31N4O9P. The molecule has 5 atom stereocenters. The van der Waals surface area contributed by atoms with E-state index in [0.29, 0.717) is 23.3 Å². The predicted octanol–water partition coefficient (Wildman–Crippen LogP) is 0.316. The molecule has 0 spiro atoms. The largest absolute Gasteiger partial charge is 0.463 e. The van der Waals surface area contributed by atoms with Gasteiger partial charge in [0.1, 0.15) is 24.1 Å². The number of rotatable bonds is 10. The number of ether oxygens (including phenoxy) is 3. The second-order valence-electron chi connectivity index (χ2n) is 8.55. The standard InChI is InChI=1S/C20H31N4O9P/c1-31-19(34(28,29)30)15-13(26)14(27)18(33-15)24-8-7-12-16(21-11-5-2-3-6-11)22-20(23-17(12)24)32-10-4-9-25/h7-8,11,13-15,18-19,25-27H,2-6,9-10H2,1H3,(H,21,22,23)(H2,28,29,30)/t13-,14+,15+,18+,19?/m0/s1. The van der Waals surface area contributed by atoms with Gasteiger partial charge in [0.05, 0.1) is 12.0 Å². The fourth-order valence-corrected chi connectivity index (χ4v) is 5.40. The van der Waals surface area contributed by atoms with E-state index in [2.05, 4.69) is 15.3 Å². The van der Waals surface area contributed by atoms with E-state index < -0.39 is 38.0 Å². The number of nitrogens with zero attached hydrogens (tertiary/aromatic N) is 3. The van der Waals surface area contributed by atoms with E-state index >= 15 is 0 Å². The molecule has 2 aromatic heterocycles. The third-order valence-corrected chi connectivity index (χ3v) is 7.35. The van der Waals surface area contributed by atoms with Crippen LogP contribution in [0.4, 0.5) is 5.82 Å². The number of aliphatic hydroxyl groups excluding tert-OH is 3. The first-order valence-corrected chi connectivity index (χ1v) is 12.9. The van der Waals surface area contributed by atoms with Crippen molar-refractivity contribution in [3.8, 4) is 6.01 Å². The van der Waals surface area contributed by atoms with E-state index in [4.69, 9.17) is 19.3 Å². The van der Waals surface area contributed by atoms with E-state index in [1.807, 2.05) is 0 Å². The van der Waals surface area contributed by atoms with Gasteiger partial charge < -0.3 is 49.2 Å². The summed E-state index contributed by atoms with van der Waals surface area (Å²) in [5, 5.41) is 34.3. The minimum atomic E-state index is -4.79. The summed E-state index contributed by atoms with van der Waals surface area (Å²) in [6, 6.07) is 2.05. The van der Waals surface area contributed by atoms with Gasteiger partial charge in [-0.25, -0.2) is 0 Å². The van der Waals surface area contributed by atoms with Gasteiger partial charge in [-0.2, -0.15) is 9.97 Å². The second kappa shape index (κ2) is 10.4. The summed E-state index contributed by atoms with van der Waals surface area (Å²) >= 11 is 0. The first kappa shape index (κ1) is 25.3. The fourth-order valence-electron chi connectivity index (χ4n) is 4.50. The molecule has 14 heteroatoms. The van der Waals surface area contributed by atoms with Gasteiger partial charge in [0.2, 0.25) is 0 Å². The molecule has 34 heavy (non-hydrogen) atoms. The van der Waals surface area contributed by atoms with E-state index in [1.54, 1.807) is 12.3 Å². The molecule has 0 aromatic carbocycles. The third kappa shape index (κ3) is 5.07. The fraction of sp³-hybridized carbons (Fsp3) is 0.700. The van der Waals surface area contributed by atoms with Crippen molar-refractivity contribution in [3.05, 3.63) is 12.3 Å². The average Bonchev–Trinajstić information content (AvgIpc) is 3.50. The number of nitrogens with one attached hydrogen (secondary N) is 1. The lowest BCUT2D eigenvalue weighted by Crippen LogP contribution is -2.39. The first-order valence-electron chi connectivity index (χ1n) is 11.2. The monoisotopic (exact) mass is 502 g/mol. The normalized spacial score (nSPS) is 26.9. The van der Waals surface area contributed by atoms with Crippen molar-refractivity contribution in [1.29, 1.82) is 0 Å². The summed E-state index contributed by atoms with van der Waals surface area (Å²) in [5.41, 5.74) is 0.344. The molecule has 0 radical (unpaired) electrons. The van der Waals surface area contributed by atoms with Gasteiger partial charge >= 0.3 is 13.6 Å². The molecule has 1 unspecified atom stereocenters. The SMILES string of the molecule is COC([C@@H]1O[C@@H](n2ccc3c(NC4CCCC4)nc(OCCCO)nc32)[C@H](O)[C@@H]1O)P(=O)(O)O. The Morgan fingerprint density at radius 1 is 1.26 bits per heavy atom. The summed E-state index contributed by atoms with van der Waals surface area (Å²) in [6.45, 7) is 0.153. The zero-order chi connectivity index (χ0) is 24.5. The van der Waals surface area contributed by atoms with Crippen LogP contribution in [0.3, 0.4) is 0 Å². The second-order valence-corrected chi connectivity index (χ2v) is 10.2. The summed E-state index contributed by atoms with van der Waals surface area (Å²) in [5.74, 6) is -1.21. The highest BCUT2D eigenvalue weighted by Gasteiger charge is 2.52. The summed E-state index contributed by atoms with van der Waals surface area (Å²) < 4.78 is 29.5. The van der Waals surface area contributed by atoms with Crippen LogP contribution in [-0.2, 0) is 14.0 Å². The van der Waals surface area contributed by atoms with Crippen molar-refractivity contribution >= 4 is 24.4 Å². The smallest absolute Gasteiger partial charge is 0.356 e. The summed E-state index contributed by atoms with van der Waals surface area (Å²) in [6.07, 6.45) is 0.456. The van der Waals surface area contributed by atoms with E-state index in [9.17, 15) is 24.6 Å². The van der Waals surface area contributed by atoms with Crippen LogP contribution in [-0.4, -0.2) is 90.2 Å². The Morgan fingerprint density at radius 3 is 2.65 bits per heavy atom. The molecule has 2 aliphatic rings. The first-order chi connectivity index (χ1) is 16.2. The molecule has 1 aliphatic heterocycles. The Bertz CT molecular complexity index is 1020. The molecule has 2 aromatic rings. The number of anilines is 1. The van der Waals surface area contributed by atoms with Gasteiger partial charge in [0.15, 0.2) is 17.7 Å². The Hall–Kier alpha value is -1.83. The Morgan fingerprint density at radius 2 is 2.00 bits per heavy atom. The van der Waals surface area contributed by atoms with Crippen LogP contribution in [0.2, 0.25) is 0 Å². The van der Waals surface area contributed by atoms with E-state index in [0.717, 1.165) is 32.8 Å². The maximum Gasteiger partial charge on any atom is 0.356 e. The molecule has 0 bridgehead atoms. The minimum Gasteiger partial charge on any atom is -0.463 e. The highest BCUT2D eigenvalue weighted by molar-refractivity contribution is 7.52. The Balaban J connectivity index is 1.69. The Kier molecular flexibility index (Phi) is 7.75. The molecule has 1 saturated carbocycles. The lowest BCUT2D eigenvalue weighted by atomic mass is 10.1. The number of aromatic nitrogens is 3. The lowest BCUT2D eigenvalue weighted by molar-refractivity contribution is -0.0759. The topological polar surface area (TPSA) is 189 Å². The number of methoxy groups -OCH3 is 1. The molecule has 1 saturated heterocycles. The van der Waals surface area contributed by atoms with Crippen LogP contribution < -0.4 is 10.1 Å². The van der Waals surface area contributed by atoms with Crippen molar-refractivity contribution < 1.29 is 43.9 Å². The maximum absolute atomic E-state index is 11.8. The zero-order valence-electron chi connectivity index (χ0n) is 18.7. The predicted molar refractivity (Wildman–Crippen MR) is 119 cm³/mol. The molecule has 0 amide bonds. The van der Waals surface area contributed by atoms with Crippen LogP contribution in [0.25, 0.3) is 11.0 Å². The van der Waals surface area contributed by atoms with Crippen molar-refractivity contribution in [3.63, 3.8) is 0 Å². The van der Waals surface area contributed by atoms with Crippen LogP contribution in [0.15, 0.2) is 12.3 Å². The minimum absolute atomic E-state index is 0.0482. The Labute approximate surface area is 195 Å². The van der Waals surface area contributed by atoms with Gasteiger partial charge in [-0.15, -0.1) is 0 Å². The molecule has 3 heterocycles. The molecule has 1 aliphatic carbocycles. The highest BCUT2D eigenvalue weighted by atomic mass is 31.2. The van der Waals surface area contributed by atoms with Gasteiger partial charge in [0.25, 0.3) is 0 Å². The molecule has 2 fully saturated rings. The molecule has 13 nitrogen and oxygen atoms in total. The number of fused-ring (bicyclic) bond motifs is 1.